The van der Waals surface area contributed by atoms with Gasteiger partial charge in [0, 0.05) is 25.2 Å². The van der Waals surface area contributed by atoms with E-state index in [9.17, 15) is 13.6 Å². The number of benzene rings is 1. The van der Waals surface area contributed by atoms with Gasteiger partial charge in [-0.25, -0.2) is 13.8 Å². The van der Waals surface area contributed by atoms with Gasteiger partial charge in [-0.15, -0.1) is 0 Å². The third kappa shape index (κ3) is 6.27. The highest BCUT2D eigenvalue weighted by molar-refractivity contribution is 5.79. The molecule has 1 aliphatic carbocycles. The first-order valence-electron chi connectivity index (χ1n) is 13.1. The maximum Gasteiger partial charge on any atom is 0.296 e. The van der Waals surface area contributed by atoms with Crippen molar-refractivity contribution in [3.8, 4) is 11.7 Å². The summed E-state index contributed by atoms with van der Waals surface area (Å²) >= 11 is 0. The van der Waals surface area contributed by atoms with Crippen LogP contribution in [0, 0.1) is 0 Å². The molecule has 5 rings (SSSR count). The van der Waals surface area contributed by atoms with Gasteiger partial charge in [0.25, 0.3) is 6.43 Å². The fraction of sp³-hybridized carbons (Fsp3) is 0.481. The molecule has 3 heterocycles. The van der Waals surface area contributed by atoms with Crippen LogP contribution >= 0.6 is 0 Å². The molecular formula is C27H32F2N6O4. The van der Waals surface area contributed by atoms with E-state index < -0.39 is 12.2 Å². The number of halogens is 2. The van der Waals surface area contributed by atoms with Crippen molar-refractivity contribution >= 4 is 22.9 Å². The maximum absolute atomic E-state index is 14.1. The molecule has 2 N–H and O–H groups in total. The number of amides is 1. The Hall–Kier alpha value is -3.80. The summed E-state index contributed by atoms with van der Waals surface area (Å²) in [6, 6.07) is 8.57. The summed E-state index contributed by atoms with van der Waals surface area (Å²) < 4.78 is 41.3. The Balaban J connectivity index is 1.38. The molecule has 2 aliphatic rings. The summed E-state index contributed by atoms with van der Waals surface area (Å²) in [4.78, 5) is 27.6. The van der Waals surface area contributed by atoms with Crippen LogP contribution in [0.4, 0.5) is 14.7 Å². The largest absolute Gasteiger partial charge is 0.516 e. The molecule has 1 aliphatic heterocycles. The minimum Gasteiger partial charge on any atom is -0.516 e. The summed E-state index contributed by atoms with van der Waals surface area (Å²) in [5, 5.41) is 12.0. The van der Waals surface area contributed by atoms with Crippen LogP contribution in [0.1, 0.15) is 51.3 Å². The van der Waals surface area contributed by atoms with Crippen molar-refractivity contribution in [1.29, 1.82) is 0 Å². The molecule has 0 spiro atoms. The Morgan fingerprint density at radius 2 is 1.92 bits per heavy atom. The fourth-order valence-electron chi connectivity index (χ4n) is 4.99. The van der Waals surface area contributed by atoms with E-state index in [0.717, 1.165) is 19.1 Å². The lowest BCUT2D eigenvalue weighted by atomic mass is 9.93. The summed E-state index contributed by atoms with van der Waals surface area (Å²) in [5.74, 6) is 0.433. The number of imidazole rings is 1. The number of alkyl halides is 2. The van der Waals surface area contributed by atoms with E-state index in [2.05, 4.69) is 20.3 Å². The molecule has 2 aromatic heterocycles. The number of carbonyl (C=O) groups is 1. The molecule has 0 unspecified atom stereocenters. The van der Waals surface area contributed by atoms with Crippen LogP contribution in [0.2, 0.25) is 0 Å². The molecule has 1 saturated heterocycles. The van der Waals surface area contributed by atoms with Crippen LogP contribution < -0.4 is 15.0 Å². The standard InChI is InChI=1S/C27H32F2N6O4/c1-17(16-36)14-23(37)30-18-6-8-19(9-7-18)39-24-15-22(32-27(33-24)34-10-12-38-13-11-34)35-21-5-3-2-4-20(21)31-26(35)25(28)29/h2-5,15-16,18-19,25,36H,6-14H2,1H3,(H,30,37)/b17-16-/t18-,19-. The van der Waals surface area contributed by atoms with E-state index in [1.54, 1.807) is 37.3 Å². The molecule has 39 heavy (non-hydrogen) atoms. The lowest BCUT2D eigenvalue weighted by Crippen LogP contribution is -2.40. The Labute approximate surface area is 224 Å². The van der Waals surface area contributed by atoms with E-state index >= 15 is 0 Å². The SMILES string of the molecule is C/C(=C/O)CC(=O)N[C@H]1CC[C@H](Oc2cc(-n3c(C(F)F)nc4ccccc43)nc(N3CCOCC3)n2)CC1. The highest BCUT2D eigenvalue weighted by atomic mass is 19.3. The van der Waals surface area contributed by atoms with E-state index in [4.69, 9.17) is 14.6 Å². The first kappa shape index (κ1) is 26.8. The van der Waals surface area contributed by atoms with Crippen molar-refractivity contribution < 1.29 is 28.2 Å². The predicted molar refractivity (Wildman–Crippen MR) is 140 cm³/mol. The highest BCUT2D eigenvalue weighted by Gasteiger charge is 2.27. The maximum atomic E-state index is 14.1. The van der Waals surface area contributed by atoms with Gasteiger partial charge in [-0.1, -0.05) is 12.1 Å². The van der Waals surface area contributed by atoms with Gasteiger partial charge in [0.15, 0.2) is 5.82 Å². The van der Waals surface area contributed by atoms with Crippen molar-refractivity contribution in [3.63, 3.8) is 0 Å². The Kier molecular flexibility index (Phi) is 8.20. The molecule has 2 fully saturated rings. The zero-order valence-electron chi connectivity index (χ0n) is 21.7. The number of hydrogen-bond donors (Lipinski definition) is 2. The van der Waals surface area contributed by atoms with Gasteiger partial charge in [-0.05, 0) is 50.3 Å². The van der Waals surface area contributed by atoms with E-state index in [1.165, 1.54) is 4.57 Å². The Morgan fingerprint density at radius 1 is 1.18 bits per heavy atom. The second-order valence-corrected chi connectivity index (χ2v) is 9.87. The molecule has 10 nitrogen and oxygen atoms in total. The lowest BCUT2D eigenvalue weighted by Gasteiger charge is -2.30. The van der Waals surface area contributed by atoms with Gasteiger partial charge in [-0.2, -0.15) is 9.97 Å². The van der Waals surface area contributed by atoms with Crippen LogP contribution in [-0.4, -0.2) is 69.0 Å². The predicted octanol–water partition coefficient (Wildman–Crippen LogP) is 4.25. The summed E-state index contributed by atoms with van der Waals surface area (Å²) in [5.41, 5.74) is 1.57. The number of anilines is 1. The number of aromatic nitrogens is 4. The zero-order chi connectivity index (χ0) is 27.4. The number of fused-ring (bicyclic) bond motifs is 1. The van der Waals surface area contributed by atoms with Gasteiger partial charge in [-0.3, -0.25) is 9.36 Å². The number of nitrogens with zero attached hydrogens (tertiary/aromatic N) is 5. The second kappa shape index (κ2) is 11.9. The van der Waals surface area contributed by atoms with Gasteiger partial charge in [0.2, 0.25) is 17.7 Å². The van der Waals surface area contributed by atoms with Crippen molar-refractivity contribution in [2.45, 2.75) is 57.6 Å². The van der Waals surface area contributed by atoms with E-state index in [1.807, 2.05) is 4.90 Å². The minimum atomic E-state index is -2.80. The van der Waals surface area contributed by atoms with Gasteiger partial charge >= 0.3 is 0 Å². The Bertz CT molecular complexity index is 1330. The van der Waals surface area contributed by atoms with Crippen molar-refractivity contribution in [1.82, 2.24) is 24.8 Å². The number of nitrogens with one attached hydrogen (secondary N) is 1. The van der Waals surface area contributed by atoms with Crippen molar-refractivity contribution in [3.05, 3.63) is 48.0 Å². The number of para-hydroxylation sites is 2. The van der Waals surface area contributed by atoms with Crippen LogP contribution in [0.3, 0.4) is 0 Å². The number of aliphatic hydroxyl groups is 1. The lowest BCUT2D eigenvalue weighted by molar-refractivity contribution is -0.121. The van der Waals surface area contributed by atoms with Gasteiger partial charge < -0.3 is 24.8 Å². The van der Waals surface area contributed by atoms with E-state index in [0.29, 0.717) is 67.6 Å². The van der Waals surface area contributed by atoms with Gasteiger partial charge in [0.05, 0.1) is 36.9 Å². The molecule has 12 heteroatoms. The van der Waals surface area contributed by atoms with E-state index in [-0.39, 0.29) is 30.3 Å². The molecule has 208 valence electrons. The second-order valence-electron chi connectivity index (χ2n) is 9.87. The monoisotopic (exact) mass is 542 g/mol. The van der Waals surface area contributed by atoms with Crippen LogP contribution in [0.25, 0.3) is 16.9 Å². The molecule has 0 atom stereocenters. The Morgan fingerprint density at radius 3 is 2.64 bits per heavy atom. The molecule has 1 aromatic carbocycles. The minimum absolute atomic E-state index is 0.0274. The highest BCUT2D eigenvalue weighted by Crippen LogP contribution is 2.31. The average molecular weight is 543 g/mol. The number of morpholine rings is 1. The van der Waals surface area contributed by atoms with Crippen LogP contribution in [0.15, 0.2) is 42.2 Å². The fourth-order valence-corrected chi connectivity index (χ4v) is 4.99. The summed E-state index contributed by atoms with van der Waals surface area (Å²) in [7, 11) is 0. The van der Waals surface area contributed by atoms with Crippen molar-refractivity contribution in [2.24, 2.45) is 0 Å². The molecular weight excluding hydrogens is 510 g/mol. The normalized spacial score (nSPS) is 20.4. The number of aliphatic hydroxyl groups excluding tert-OH is 1. The van der Waals surface area contributed by atoms with Crippen LogP contribution in [-0.2, 0) is 9.53 Å². The number of rotatable bonds is 8. The summed E-state index contributed by atoms with van der Waals surface area (Å²) in [6.07, 6.45) is 1.01. The molecule has 0 bridgehead atoms. The number of ether oxygens (including phenoxy) is 2. The molecule has 3 aromatic rings. The molecule has 1 amide bonds. The summed E-state index contributed by atoms with van der Waals surface area (Å²) in [6.45, 7) is 3.88. The third-order valence-electron chi connectivity index (χ3n) is 6.97. The zero-order valence-corrected chi connectivity index (χ0v) is 21.7. The third-order valence-corrected chi connectivity index (χ3v) is 6.97. The average Bonchev–Trinajstić information content (AvgIpc) is 3.34. The number of hydrogen-bond acceptors (Lipinski definition) is 8. The first-order chi connectivity index (χ1) is 18.9. The van der Waals surface area contributed by atoms with Crippen LogP contribution in [0.5, 0.6) is 5.88 Å². The molecule has 0 radical (unpaired) electrons. The first-order valence-corrected chi connectivity index (χ1v) is 13.1. The molecule has 1 saturated carbocycles. The number of carbonyl (C=O) groups excluding carboxylic acids is 1. The topological polar surface area (TPSA) is 115 Å². The van der Waals surface area contributed by atoms with Gasteiger partial charge in [0.1, 0.15) is 11.9 Å². The van der Waals surface area contributed by atoms with Crippen molar-refractivity contribution in [2.75, 3.05) is 31.2 Å². The quantitative estimate of drug-likeness (QED) is 0.406. The smallest absolute Gasteiger partial charge is 0.296 e.